The molecule has 0 spiro atoms. The molecule has 108 valence electrons. The fourth-order valence-corrected chi connectivity index (χ4v) is 2.50. The molecule has 0 radical (unpaired) electrons. The summed E-state index contributed by atoms with van der Waals surface area (Å²) in [5.41, 5.74) is 6.15. The van der Waals surface area contributed by atoms with E-state index in [1.807, 2.05) is 20.8 Å². The maximum Gasteiger partial charge on any atom is 0.312 e. The zero-order valence-corrected chi connectivity index (χ0v) is 12.5. The van der Waals surface area contributed by atoms with E-state index in [9.17, 15) is 10.1 Å². The Kier molecular flexibility index (Phi) is 3.92. The first-order valence-corrected chi connectivity index (χ1v) is 7.11. The van der Waals surface area contributed by atoms with Gasteiger partial charge in [0.15, 0.2) is 5.75 Å². The summed E-state index contributed by atoms with van der Waals surface area (Å²) >= 11 is 1.42. The summed E-state index contributed by atoms with van der Waals surface area (Å²) in [6.07, 6.45) is 0.721. The molecule has 1 unspecified atom stereocenters. The van der Waals surface area contributed by atoms with Crippen molar-refractivity contribution in [3.8, 4) is 5.75 Å². The van der Waals surface area contributed by atoms with E-state index in [2.05, 4.69) is 4.98 Å². The minimum atomic E-state index is -0.513. The highest BCUT2D eigenvalue weighted by atomic mass is 32.1. The van der Waals surface area contributed by atoms with Crippen LogP contribution in [0.5, 0.6) is 5.75 Å². The highest BCUT2D eigenvalue weighted by molar-refractivity contribution is 7.18. The first-order valence-electron chi connectivity index (χ1n) is 6.29. The smallest absolute Gasteiger partial charge is 0.312 e. The second-order valence-electron chi connectivity index (χ2n) is 5.07. The lowest BCUT2D eigenvalue weighted by Gasteiger charge is -2.22. The molecule has 0 aliphatic rings. The Morgan fingerprint density at radius 3 is 2.85 bits per heavy atom. The third-order valence-corrected chi connectivity index (χ3v) is 4.07. The lowest BCUT2D eigenvalue weighted by Crippen LogP contribution is -2.41. The fraction of sp³-hybridized carbons (Fsp3) is 0.462. The molecule has 0 bridgehead atoms. The van der Waals surface area contributed by atoms with Gasteiger partial charge in [0.1, 0.15) is 6.61 Å². The van der Waals surface area contributed by atoms with Crippen molar-refractivity contribution in [1.82, 2.24) is 4.98 Å². The lowest BCUT2D eigenvalue weighted by molar-refractivity contribution is -0.385. The van der Waals surface area contributed by atoms with Crippen LogP contribution < -0.4 is 10.5 Å². The maximum absolute atomic E-state index is 11.1. The van der Waals surface area contributed by atoms with Crippen LogP contribution in [0.25, 0.3) is 10.2 Å². The molecule has 2 aromatic rings. The van der Waals surface area contributed by atoms with E-state index in [0.29, 0.717) is 5.52 Å². The van der Waals surface area contributed by atoms with Gasteiger partial charge in [-0.2, -0.15) is 0 Å². The van der Waals surface area contributed by atoms with Crippen LogP contribution in [0.15, 0.2) is 12.1 Å². The van der Waals surface area contributed by atoms with Crippen molar-refractivity contribution < 1.29 is 9.66 Å². The van der Waals surface area contributed by atoms with E-state index in [0.717, 1.165) is 16.1 Å². The lowest BCUT2D eigenvalue weighted by atomic mass is 10.0. The third kappa shape index (κ3) is 3.05. The second-order valence-corrected chi connectivity index (χ2v) is 6.31. The average molecular weight is 295 g/mol. The number of nitro groups is 1. The van der Waals surface area contributed by atoms with Gasteiger partial charge < -0.3 is 10.5 Å². The molecule has 0 fully saturated rings. The molecule has 1 aromatic carbocycles. The van der Waals surface area contributed by atoms with E-state index in [1.54, 1.807) is 6.07 Å². The van der Waals surface area contributed by atoms with Crippen molar-refractivity contribution in [3.63, 3.8) is 0 Å². The second kappa shape index (κ2) is 5.34. The van der Waals surface area contributed by atoms with Crippen LogP contribution in [0, 0.1) is 17.0 Å². The van der Waals surface area contributed by atoms with Crippen molar-refractivity contribution in [1.29, 1.82) is 0 Å². The Bertz CT molecular complexity index is 652. The van der Waals surface area contributed by atoms with Gasteiger partial charge in [0, 0.05) is 17.7 Å². The van der Waals surface area contributed by atoms with Crippen LogP contribution in [0.1, 0.15) is 25.3 Å². The summed E-state index contributed by atoms with van der Waals surface area (Å²) in [7, 11) is 0. The van der Waals surface area contributed by atoms with E-state index in [1.165, 1.54) is 17.4 Å². The molecule has 6 nitrogen and oxygen atoms in total. The Hall–Kier alpha value is -1.73. The van der Waals surface area contributed by atoms with Gasteiger partial charge >= 0.3 is 5.69 Å². The average Bonchev–Trinajstić information content (AvgIpc) is 2.74. The number of nitro benzene ring substituents is 1. The molecule has 1 aromatic heterocycles. The van der Waals surface area contributed by atoms with Crippen LogP contribution in [-0.4, -0.2) is 22.1 Å². The molecule has 2 N–H and O–H groups in total. The number of aryl methyl sites for hydroxylation is 1. The molecule has 2 rings (SSSR count). The molecule has 0 amide bonds. The van der Waals surface area contributed by atoms with Crippen LogP contribution in [0.3, 0.4) is 0 Å². The molecule has 0 saturated carbocycles. The third-order valence-electron chi connectivity index (χ3n) is 3.14. The molecule has 1 atom stereocenters. The van der Waals surface area contributed by atoms with E-state index >= 15 is 0 Å². The largest absolute Gasteiger partial charge is 0.485 e. The van der Waals surface area contributed by atoms with E-state index in [4.69, 9.17) is 10.5 Å². The molecule has 0 saturated heterocycles. The summed E-state index contributed by atoms with van der Waals surface area (Å²) < 4.78 is 6.35. The number of fused-ring (bicyclic) bond motifs is 1. The fourth-order valence-electron chi connectivity index (χ4n) is 1.66. The Morgan fingerprint density at radius 2 is 2.25 bits per heavy atom. The molecular formula is C13H17N3O3S. The van der Waals surface area contributed by atoms with Crippen molar-refractivity contribution in [2.45, 2.75) is 32.7 Å². The summed E-state index contributed by atoms with van der Waals surface area (Å²) in [6, 6.07) is 3.12. The quantitative estimate of drug-likeness (QED) is 0.676. The van der Waals surface area contributed by atoms with Gasteiger partial charge in [-0.3, -0.25) is 10.1 Å². The highest BCUT2D eigenvalue weighted by Gasteiger charge is 2.22. The van der Waals surface area contributed by atoms with E-state index in [-0.39, 0.29) is 18.0 Å². The number of benzene rings is 1. The Labute approximate surface area is 120 Å². The summed E-state index contributed by atoms with van der Waals surface area (Å²) in [5.74, 6) is 0.220. The molecule has 7 heteroatoms. The van der Waals surface area contributed by atoms with Gasteiger partial charge in [-0.25, -0.2) is 4.98 Å². The molecule has 20 heavy (non-hydrogen) atoms. The van der Waals surface area contributed by atoms with Crippen LogP contribution >= 0.6 is 11.3 Å². The Morgan fingerprint density at radius 1 is 1.55 bits per heavy atom. The number of ether oxygens (including phenoxy) is 1. The van der Waals surface area contributed by atoms with Gasteiger partial charge in [0.2, 0.25) is 0 Å². The number of hydrogen-bond acceptors (Lipinski definition) is 6. The van der Waals surface area contributed by atoms with Gasteiger partial charge in [0.25, 0.3) is 0 Å². The number of rotatable bonds is 5. The number of thiazole rings is 1. The minimum Gasteiger partial charge on any atom is -0.485 e. The maximum atomic E-state index is 11.1. The zero-order valence-electron chi connectivity index (χ0n) is 11.7. The van der Waals surface area contributed by atoms with Crippen molar-refractivity contribution in [2.75, 3.05) is 6.61 Å². The minimum absolute atomic E-state index is 0.0481. The van der Waals surface area contributed by atoms with Gasteiger partial charge in [-0.1, -0.05) is 6.92 Å². The number of hydrogen-bond donors (Lipinski definition) is 1. The first kappa shape index (κ1) is 14.7. The Balaban J connectivity index is 2.39. The van der Waals surface area contributed by atoms with Gasteiger partial charge in [-0.05, 0) is 20.3 Å². The zero-order chi connectivity index (χ0) is 14.9. The van der Waals surface area contributed by atoms with E-state index < -0.39 is 10.5 Å². The van der Waals surface area contributed by atoms with Crippen molar-refractivity contribution >= 4 is 27.2 Å². The topological polar surface area (TPSA) is 91.3 Å². The molecule has 0 aliphatic heterocycles. The first-order chi connectivity index (χ1) is 9.32. The number of aromatic nitrogens is 1. The summed E-state index contributed by atoms with van der Waals surface area (Å²) in [6.45, 7) is 5.89. The van der Waals surface area contributed by atoms with Crippen LogP contribution in [0.2, 0.25) is 0 Å². The predicted octanol–water partition coefficient (Wildman–Crippen LogP) is 3.02. The predicted molar refractivity (Wildman–Crippen MR) is 79.4 cm³/mol. The normalized spacial score (nSPS) is 14.2. The standard InChI is InChI=1S/C13H17N3O3S/c1-4-13(3,14)7-19-11-5-9-12(20-8(2)15-9)6-10(11)16(17)18/h5-6H,4,7,14H2,1-3H3. The van der Waals surface area contributed by atoms with Crippen molar-refractivity contribution in [3.05, 3.63) is 27.3 Å². The number of nitrogens with two attached hydrogens (primary N) is 1. The highest BCUT2D eigenvalue weighted by Crippen LogP contribution is 2.34. The van der Waals surface area contributed by atoms with Gasteiger partial charge in [0.05, 0.1) is 20.1 Å². The SMILES string of the molecule is CCC(C)(N)COc1cc2nc(C)sc2cc1[N+](=O)[O-]. The molecule has 1 heterocycles. The van der Waals surface area contributed by atoms with Gasteiger partial charge in [-0.15, -0.1) is 11.3 Å². The van der Waals surface area contributed by atoms with Crippen LogP contribution in [-0.2, 0) is 0 Å². The van der Waals surface area contributed by atoms with Crippen molar-refractivity contribution in [2.24, 2.45) is 5.73 Å². The molecule has 0 aliphatic carbocycles. The summed E-state index contributed by atoms with van der Waals surface area (Å²) in [5, 5.41) is 12.0. The molecular weight excluding hydrogens is 278 g/mol. The monoisotopic (exact) mass is 295 g/mol. The van der Waals surface area contributed by atoms with Crippen LogP contribution in [0.4, 0.5) is 5.69 Å². The summed E-state index contributed by atoms with van der Waals surface area (Å²) in [4.78, 5) is 15.0. The number of nitrogens with zero attached hydrogens (tertiary/aromatic N) is 2.